The second-order valence-corrected chi connectivity index (χ2v) is 4.23. The molecule has 4 nitrogen and oxygen atoms in total. The molecule has 94 valence electrons. The van der Waals surface area contributed by atoms with Gasteiger partial charge in [0.25, 0.3) is 0 Å². The fourth-order valence-corrected chi connectivity index (χ4v) is 1.86. The molecule has 0 aliphatic heterocycles. The third-order valence-corrected chi connectivity index (χ3v) is 2.84. The second kappa shape index (κ2) is 5.30. The highest BCUT2D eigenvalue weighted by Gasteiger charge is 2.16. The largest absolute Gasteiger partial charge is 0.462 e. The predicted molar refractivity (Wildman–Crippen MR) is 67.2 cm³/mol. The Kier molecular flexibility index (Phi) is 3.76. The van der Waals surface area contributed by atoms with E-state index in [-0.39, 0.29) is 5.82 Å². The maximum atomic E-state index is 12.8. The second-order valence-electron chi connectivity index (χ2n) is 3.48. The molecule has 0 bridgehead atoms. The molecule has 2 rings (SSSR count). The fraction of sp³-hybridized carbons (Fsp3) is 0.167. The highest BCUT2D eigenvalue weighted by molar-refractivity contribution is 9.10. The van der Waals surface area contributed by atoms with E-state index >= 15 is 0 Å². The molecule has 1 aromatic carbocycles. The van der Waals surface area contributed by atoms with Crippen molar-refractivity contribution in [2.45, 2.75) is 6.92 Å². The Labute approximate surface area is 111 Å². The average Bonchev–Trinajstić information content (AvgIpc) is 2.72. The number of aromatic nitrogens is 2. The molecule has 0 aliphatic carbocycles. The fourth-order valence-electron chi connectivity index (χ4n) is 1.42. The van der Waals surface area contributed by atoms with Crippen LogP contribution in [-0.2, 0) is 4.74 Å². The van der Waals surface area contributed by atoms with Gasteiger partial charge in [0.1, 0.15) is 16.0 Å². The van der Waals surface area contributed by atoms with Gasteiger partial charge in [-0.05, 0) is 47.1 Å². The molecular weight excluding hydrogens is 303 g/mol. The van der Waals surface area contributed by atoms with Crippen LogP contribution in [0.2, 0.25) is 0 Å². The number of rotatable bonds is 3. The first kappa shape index (κ1) is 12.8. The van der Waals surface area contributed by atoms with Gasteiger partial charge >= 0.3 is 5.97 Å². The summed E-state index contributed by atoms with van der Waals surface area (Å²) >= 11 is 3.19. The van der Waals surface area contributed by atoms with E-state index in [9.17, 15) is 9.18 Å². The lowest BCUT2D eigenvalue weighted by molar-refractivity contribution is 0.0525. The molecule has 0 fully saturated rings. The van der Waals surface area contributed by atoms with Crippen LogP contribution in [0.4, 0.5) is 4.39 Å². The number of ether oxygens (including phenoxy) is 1. The third-order valence-electron chi connectivity index (χ3n) is 2.26. The Morgan fingerprint density at radius 3 is 2.72 bits per heavy atom. The van der Waals surface area contributed by atoms with Crippen LogP contribution in [0, 0.1) is 5.82 Å². The molecule has 1 heterocycles. The number of carbonyl (C=O) groups is 1. The van der Waals surface area contributed by atoms with Crippen molar-refractivity contribution >= 4 is 21.9 Å². The van der Waals surface area contributed by atoms with E-state index in [2.05, 4.69) is 21.0 Å². The molecule has 0 radical (unpaired) electrons. The SMILES string of the molecule is CCOC(=O)c1cn(-c2ccc(F)cc2)nc1Br. The molecule has 0 N–H and O–H groups in total. The average molecular weight is 313 g/mol. The van der Waals surface area contributed by atoms with Crippen LogP contribution < -0.4 is 0 Å². The quantitative estimate of drug-likeness (QED) is 0.818. The topological polar surface area (TPSA) is 44.1 Å². The van der Waals surface area contributed by atoms with Crippen molar-refractivity contribution in [2.24, 2.45) is 0 Å². The molecule has 1 aromatic heterocycles. The van der Waals surface area contributed by atoms with Gasteiger partial charge in [-0.3, -0.25) is 0 Å². The highest BCUT2D eigenvalue weighted by Crippen LogP contribution is 2.18. The Morgan fingerprint density at radius 1 is 1.44 bits per heavy atom. The molecule has 0 aliphatic rings. The van der Waals surface area contributed by atoms with Gasteiger partial charge in [-0.1, -0.05) is 0 Å². The lowest BCUT2D eigenvalue weighted by atomic mass is 10.3. The summed E-state index contributed by atoms with van der Waals surface area (Å²) in [5, 5.41) is 4.12. The summed E-state index contributed by atoms with van der Waals surface area (Å²) in [6.07, 6.45) is 1.54. The standard InChI is InChI=1S/C12H10BrFN2O2/c1-2-18-12(17)10-7-16(15-11(10)13)9-5-3-8(14)4-6-9/h3-7H,2H2,1H3. The number of hydrogen-bond acceptors (Lipinski definition) is 3. The van der Waals surface area contributed by atoms with Crippen LogP contribution in [-0.4, -0.2) is 22.4 Å². The first-order valence-corrected chi connectivity index (χ1v) is 6.09. The Balaban J connectivity index is 2.34. The molecular formula is C12H10BrFN2O2. The van der Waals surface area contributed by atoms with Gasteiger partial charge in [0.2, 0.25) is 0 Å². The van der Waals surface area contributed by atoms with Gasteiger partial charge in [-0.2, -0.15) is 5.10 Å². The number of carbonyl (C=O) groups excluding carboxylic acids is 1. The van der Waals surface area contributed by atoms with Gasteiger partial charge < -0.3 is 4.74 Å². The van der Waals surface area contributed by atoms with Crippen LogP contribution in [0.3, 0.4) is 0 Å². The summed E-state index contributed by atoms with van der Waals surface area (Å²) < 4.78 is 19.6. The number of hydrogen-bond donors (Lipinski definition) is 0. The predicted octanol–water partition coefficient (Wildman–Crippen LogP) is 2.95. The molecule has 0 saturated heterocycles. The van der Waals surface area contributed by atoms with Crippen molar-refractivity contribution in [1.82, 2.24) is 9.78 Å². The monoisotopic (exact) mass is 312 g/mol. The minimum atomic E-state index is -0.447. The minimum Gasteiger partial charge on any atom is -0.462 e. The van der Waals surface area contributed by atoms with E-state index in [0.717, 1.165) is 0 Å². The van der Waals surface area contributed by atoms with Crippen molar-refractivity contribution in [3.05, 3.63) is 46.4 Å². The van der Waals surface area contributed by atoms with E-state index in [1.807, 2.05) is 0 Å². The third kappa shape index (κ3) is 2.59. The van der Waals surface area contributed by atoms with Crippen molar-refractivity contribution in [3.63, 3.8) is 0 Å². The van der Waals surface area contributed by atoms with Crippen molar-refractivity contribution < 1.29 is 13.9 Å². The summed E-state index contributed by atoms with van der Waals surface area (Å²) in [6, 6.07) is 5.80. The van der Waals surface area contributed by atoms with Crippen molar-refractivity contribution in [1.29, 1.82) is 0 Å². The lowest BCUT2D eigenvalue weighted by Gasteiger charge is -2.00. The molecule has 0 amide bonds. The van der Waals surface area contributed by atoms with Crippen LogP contribution in [0.15, 0.2) is 35.1 Å². The van der Waals surface area contributed by atoms with E-state index in [1.54, 1.807) is 19.1 Å². The number of benzene rings is 1. The van der Waals surface area contributed by atoms with Gasteiger partial charge in [-0.25, -0.2) is 13.9 Å². The van der Waals surface area contributed by atoms with Crippen LogP contribution >= 0.6 is 15.9 Å². The molecule has 6 heteroatoms. The van der Waals surface area contributed by atoms with Gasteiger partial charge in [0.15, 0.2) is 0 Å². The van der Waals surface area contributed by atoms with E-state index in [4.69, 9.17) is 4.74 Å². The molecule has 2 aromatic rings. The Morgan fingerprint density at radius 2 is 2.11 bits per heavy atom. The minimum absolute atomic E-state index is 0.299. The Hall–Kier alpha value is -1.69. The van der Waals surface area contributed by atoms with E-state index < -0.39 is 5.97 Å². The molecule has 0 saturated carbocycles. The lowest BCUT2D eigenvalue weighted by Crippen LogP contribution is -2.04. The van der Waals surface area contributed by atoms with Crippen LogP contribution in [0.1, 0.15) is 17.3 Å². The summed E-state index contributed by atoms with van der Waals surface area (Å²) in [4.78, 5) is 11.6. The zero-order chi connectivity index (χ0) is 13.1. The van der Waals surface area contributed by atoms with Crippen LogP contribution in [0.25, 0.3) is 5.69 Å². The molecule has 18 heavy (non-hydrogen) atoms. The maximum Gasteiger partial charge on any atom is 0.342 e. The molecule has 0 atom stereocenters. The van der Waals surface area contributed by atoms with Crippen LogP contribution in [0.5, 0.6) is 0 Å². The summed E-state index contributed by atoms with van der Waals surface area (Å²) in [5.41, 5.74) is 0.994. The zero-order valence-corrected chi connectivity index (χ0v) is 11.1. The zero-order valence-electron chi connectivity index (χ0n) is 9.56. The smallest absolute Gasteiger partial charge is 0.342 e. The number of halogens is 2. The maximum absolute atomic E-state index is 12.8. The first-order valence-electron chi connectivity index (χ1n) is 5.30. The van der Waals surface area contributed by atoms with Gasteiger partial charge in [-0.15, -0.1) is 0 Å². The van der Waals surface area contributed by atoms with E-state index in [1.165, 1.54) is 23.0 Å². The highest BCUT2D eigenvalue weighted by atomic mass is 79.9. The first-order chi connectivity index (χ1) is 8.61. The van der Waals surface area contributed by atoms with Gasteiger partial charge in [0.05, 0.1) is 12.3 Å². The van der Waals surface area contributed by atoms with Crippen molar-refractivity contribution in [2.75, 3.05) is 6.61 Å². The molecule has 0 unspecified atom stereocenters. The Bertz CT molecular complexity index is 566. The normalized spacial score (nSPS) is 10.4. The van der Waals surface area contributed by atoms with Gasteiger partial charge in [0, 0.05) is 6.20 Å². The summed E-state index contributed by atoms with van der Waals surface area (Å²) in [7, 11) is 0. The molecule has 0 spiro atoms. The van der Waals surface area contributed by atoms with Crippen molar-refractivity contribution in [3.8, 4) is 5.69 Å². The number of esters is 1. The summed E-state index contributed by atoms with van der Waals surface area (Å²) in [6.45, 7) is 2.03. The number of nitrogens with zero attached hydrogens (tertiary/aromatic N) is 2. The van der Waals surface area contributed by atoms with E-state index in [0.29, 0.717) is 22.5 Å². The summed E-state index contributed by atoms with van der Waals surface area (Å²) in [5.74, 6) is -0.770.